The molecule has 2 N–H and O–H groups in total. The Labute approximate surface area is 142 Å². The Hall–Kier alpha value is -2.53. The molecule has 24 heavy (non-hydrogen) atoms. The van der Waals surface area contributed by atoms with Crippen LogP contribution in [0.1, 0.15) is 5.56 Å². The highest BCUT2D eigenvalue weighted by atomic mass is 16.3. The average Bonchev–Trinajstić information content (AvgIpc) is 2.58. The fourth-order valence-corrected chi connectivity index (χ4v) is 2.87. The second-order valence-electron chi connectivity index (χ2n) is 6.19. The molecule has 0 unspecified atom stereocenters. The number of hydrogen-bond donors (Lipinski definition) is 2. The minimum atomic E-state index is 0.0249. The zero-order valence-corrected chi connectivity index (χ0v) is 13.9. The number of phenolic OH excluding ortho intramolecular Hbond substituents is 1. The van der Waals surface area contributed by atoms with Gasteiger partial charge in [0.1, 0.15) is 5.75 Å². The number of phenols is 1. The van der Waals surface area contributed by atoms with Crippen LogP contribution in [-0.2, 0) is 4.79 Å². The van der Waals surface area contributed by atoms with Crippen molar-refractivity contribution in [3.63, 3.8) is 0 Å². The number of hydrogen-bond acceptors (Lipinski definition) is 4. The van der Waals surface area contributed by atoms with Crippen molar-refractivity contribution in [3.05, 3.63) is 54.1 Å². The molecule has 0 aromatic heterocycles. The molecule has 5 heteroatoms. The summed E-state index contributed by atoms with van der Waals surface area (Å²) in [4.78, 5) is 16.6. The van der Waals surface area contributed by atoms with E-state index < -0.39 is 0 Å². The van der Waals surface area contributed by atoms with Gasteiger partial charge in [0.25, 0.3) is 0 Å². The van der Waals surface area contributed by atoms with Crippen molar-refractivity contribution in [2.45, 2.75) is 6.92 Å². The quantitative estimate of drug-likeness (QED) is 0.907. The molecular formula is C19H23N3O2. The Morgan fingerprint density at radius 2 is 1.62 bits per heavy atom. The number of piperazine rings is 1. The number of amides is 1. The molecule has 0 saturated carbocycles. The van der Waals surface area contributed by atoms with Crippen molar-refractivity contribution in [3.8, 4) is 5.75 Å². The number of benzene rings is 2. The Balaban J connectivity index is 1.47. The largest absolute Gasteiger partial charge is 0.508 e. The van der Waals surface area contributed by atoms with Crippen molar-refractivity contribution in [1.29, 1.82) is 0 Å². The molecule has 126 valence electrons. The van der Waals surface area contributed by atoms with E-state index in [4.69, 9.17) is 0 Å². The minimum absolute atomic E-state index is 0.0249. The molecule has 5 nitrogen and oxygen atoms in total. The van der Waals surface area contributed by atoms with E-state index in [2.05, 4.69) is 15.1 Å². The van der Waals surface area contributed by atoms with Gasteiger partial charge in [0.15, 0.2) is 0 Å². The summed E-state index contributed by atoms with van der Waals surface area (Å²) in [6, 6.07) is 15.1. The fourth-order valence-electron chi connectivity index (χ4n) is 2.87. The van der Waals surface area contributed by atoms with Gasteiger partial charge in [-0.1, -0.05) is 17.7 Å². The predicted molar refractivity (Wildman–Crippen MR) is 96.6 cm³/mol. The first kappa shape index (κ1) is 16.3. The second-order valence-corrected chi connectivity index (χ2v) is 6.19. The van der Waals surface area contributed by atoms with Gasteiger partial charge in [0.2, 0.25) is 5.91 Å². The van der Waals surface area contributed by atoms with E-state index in [1.807, 2.05) is 43.3 Å². The van der Waals surface area contributed by atoms with Gasteiger partial charge in [-0.05, 0) is 43.3 Å². The standard InChI is InChI=1S/C19H23N3O2/c1-15-2-4-16(5-3-15)20-19(24)14-21-10-12-22(13-11-21)17-6-8-18(23)9-7-17/h2-9,23H,10-14H2,1H3,(H,20,24). The molecule has 3 rings (SSSR count). The zero-order valence-electron chi connectivity index (χ0n) is 13.9. The molecule has 1 fully saturated rings. The number of carbonyl (C=O) groups excluding carboxylic acids is 1. The Morgan fingerprint density at radius 1 is 1.00 bits per heavy atom. The SMILES string of the molecule is Cc1ccc(NC(=O)CN2CCN(c3ccc(O)cc3)CC2)cc1. The number of nitrogens with zero attached hydrogens (tertiary/aromatic N) is 2. The molecule has 1 aliphatic heterocycles. The van der Waals surface area contributed by atoms with E-state index in [1.165, 1.54) is 5.56 Å². The van der Waals surface area contributed by atoms with E-state index in [9.17, 15) is 9.90 Å². The van der Waals surface area contributed by atoms with Crippen molar-refractivity contribution in [2.75, 3.05) is 42.9 Å². The molecule has 1 aliphatic rings. The molecule has 1 amide bonds. The van der Waals surface area contributed by atoms with Crippen LogP contribution in [0.5, 0.6) is 5.75 Å². The lowest BCUT2D eigenvalue weighted by atomic mass is 10.2. The van der Waals surface area contributed by atoms with E-state index in [0.717, 1.165) is 37.6 Å². The van der Waals surface area contributed by atoms with Crippen LogP contribution < -0.4 is 10.2 Å². The fraction of sp³-hybridized carbons (Fsp3) is 0.316. The van der Waals surface area contributed by atoms with Gasteiger partial charge in [-0.15, -0.1) is 0 Å². The molecule has 0 radical (unpaired) electrons. The summed E-state index contributed by atoms with van der Waals surface area (Å²) >= 11 is 0. The van der Waals surface area contributed by atoms with Crippen molar-refractivity contribution in [2.24, 2.45) is 0 Å². The molecular weight excluding hydrogens is 302 g/mol. The van der Waals surface area contributed by atoms with Crippen LogP contribution in [0.3, 0.4) is 0 Å². The third-order valence-electron chi connectivity index (χ3n) is 4.29. The van der Waals surface area contributed by atoms with Gasteiger partial charge in [-0.3, -0.25) is 9.69 Å². The molecule has 1 saturated heterocycles. The van der Waals surface area contributed by atoms with Crippen molar-refractivity contribution >= 4 is 17.3 Å². The zero-order chi connectivity index (χ0) is 16.9. The smallest absolute Gasteiger partial charge is 0.238 e. The maximum atomic E-state index is 12.2. The Bertz CT molecular complexity index is 675. The normalized spacial score (nSPS) is 15.3. The summed E-state index contributed by atoms with van der Waals surface area (Å²) in [6.45, 7) is 5.89. The Morgan fingerprint density at radius 3 is 2.25 bits per heavy atom. The van der Waals surface area contributed by atoms with E-state index >= 15 is 0 Å². The van der Waals surface area contributed by atoms with Crippen LogP contribution >= 0.6 is 0 Å². The van der Waals surface area contributed by atoms with Gasteiger partial charge in [-0.25, -0.2) is 0 Å². The third-order valence-corrected chi connectivity index (χ3v) is 4.29. The first-order valence-electron chi connectivity index (χ1n) is 8.23. The van der Waals surface area contributed by atoms with Gasteiger partial charge < -0.3 is 15.3 Å². The molecule has 0 spiro atoms. The lowest BCUT2D eigenvalue weighted by Gasteiger charge is -2.35. The Kier molecular flexibility index (Phi) is 5.01. The topological polar surface area (TPSA) is 55.8 Å². The molecule has 0 bridgehead atoms. The van der Waals surface area contributed by atoms with Crippen LogP contribution in [-0.4, -0.2) is 48.6 Å². The van der Waals surface area contributed by atoms with Gasteiger partial charge >= 0.3 is 0 Å². The minimum Gasteiger partial charge on any atom is -0.508 e. The summed E-state index contributed by atoms with van der Waals surface area (Å²) in [5.74, 6) is 0.307. The van der Waals surface area contributed by atoms with E-state index in [-0.39, 0.29) is 11.7 Å². The molecule has 2 aromatic carbocycles. The lowest BCUT2D eigenvalue weighted by molar-refractivity contribution is -0.117. The highest BCUT2D eigenvalue weighted by Gasteiger charge is 2.19. The van der Waals surface area contributed by atoms with E-state index in [0.29, 0.717) is 6.54 Å². The highest BCUT2D eigenvalue weighted by Crippen LogP contribution is 2.19. The maximum Gasteiger partial charge on any atom is 0.238 e. The molecule has 0 aliphatic carbocycles. The van der Waals surface area contributed by atoms with Crippen molar-refractivity contribution in [1.82, 2.24) is 4.90 Å². The van der Waals surface area contributed by atoms with Gasteiger partial charge in [-0.2, -0.15) is 0 Å². The number of aryl methyl sites for hydroxylation is 1. The number of aromatic hydroxyl groups is 1. The summed E-state index contributed by atoms with van der Waals surface area (Å²) in [5.41, 5.74) is 3.13. The summed E-state index contributed by atoms with van der Waals surface area (Å²) in [6.07, 6.45) is 0. The third kappa shape index (κ3) is 4.26. The number of nitrogens with one attached hydrogen (secondary N) is 1. The summed E-state index contributed by atoms with van der Waals surface area (Å²) < 4.78 is 0. The first-order valence-corrected chi connectivity index (χ1v) is 8.23. The van der Waals surface area contributed by atoms with Gasteiger partial charge in [0.05, 0.1) is 6.54 Å². The van der Waals surface area contributed by atoms with Crippen LogP contribution in [0.25, 0.3) is 0 Å². The maximum absolute atomic E-state index is 12.2. The first-order chi connectivity index (χ1) is 11.6. The number of carbonyl (C=O) groups is 1. The summed E-state index contributed by atoms with van der Waals surface area (Å²) in [5, 5.41) is 12.3. The van der Waals surface area contributed by atoms with Crippen LogP contribution in [0.4, 0.5) is 11.4 Å². The number of anilines is 2. The highest BCUT2D eigenvalue weighted by molar-refractivity contribution is 5.92. The van der Waals surface area contributed by atoms with Crippen molar-refractivity contribution < 1.29 is 9.90 Å². The predicted octanol–water partition coefficient (Wildman–Crippen LogP) is 2.46. The summed E-state index contributed by atoms with van der Waals surface area (Å²) in [7, 11) is 0. The van der Waals surface area contributed by atoms with Crippen LogP contribution in [0.15, 0.2) is 48.5 Å². The van der Waals surface area contributed by atoms with Gasteiger partial charge in [0, 0.05) is 37.6 Å². The molecule has 1 heterocycles. The van der Waals surface area contributed by atoms with E-state index in [1.54, 1.807) is 12.1 Å². The molecule has 2 aromatic rings. The monoisotopic (exact) mass is 325 g/mol. The van der Waals surface area contributed by atoms with Crippen LogP contribution in [0, 0.1) is 6.92 Å². The second kappa shape index (κ2) is 7.36. The molecule has 0 atom stereocenters. The number of rotatable bonds is 4. The average molecular weight is 325 g/mol. The van der Waals surface area contributed by atoms with Crippen LogP contribution in [0.2, 0.25) is 0 Å². The lowest BCUT2D eigenvalue weighted by Crippen LogP contribution is -2.48.